The number of ether oxygens (including phenoxy) is 3. The van der Waals surface area contributed by atoms with E-state index in [9.17, 15) is 4.79 Å². The molecule has 8 heteroatoms. The largest absolute Gasteiger partial charge is 0.493 e. The van der Waals surface area contributed by atoms with Crippen LogP contribution in [0, 0.1) is 0 Å². The van der Waals surface area contributed by atoms with Crippen molar-refractivity contribution in [3.8, 4) is 28.5 Å². The standard InChI is InChI=1S/C18H17N3O4S/c1-23-14-7-12(8-15(24-2)16(14)25-3)13-10-26-18(20-13)21-17(22)11-5-4-6-19-9-11/h4-10H,1-3H3,(H,20,21,22). The Morgan fingerprint density at radius 2 is 1.85 bits per heavy atom. The summed E-state index contributed by atoms with van der Waals surface area (Å²) in [6.45, 7) is 0. The minimum Gasteiger partial charge on any atom is -0.493 e. The Bertz CT molecular complexity index is 887. The van der Waals surface area contributed by atoms with E-state index < -0.39 is 0 Å². The minimum absolute atomic E-state index is 0.260. The molecule has 1 aromatic carbocycles. The number of aromatic nitrogens is 2. The molecule has 2 aromatic heterocycles. The lowest BCUT2D eigenvalue weighted by Gasteiger charge is -2.13. The SMILES string of the molecule is COc1cc(-c2csc(NC(=O)c3cccnc3)n2)cc(OC)c1OC. The van der Waals surface area contributed by atoms with Crippen molar-refractivity contribution in [2.24, 2.45) is 0 Å². The van der Waals surface area contributed by atoms with Gasteiger partial charge in [-0.3, -0.25) is 15.1 Å². The maximum atomic E-state index is 12.2. The fourth-order valence-electron chi connectivity index (χ4n) is 2.36. The minimum atomic E-state index is -0.260. The van der Waals surface area contributed by atoms with Crippen LogP contribution in [-0.4, -0.2) is 37.2 Å². The Kier molecular flexibility index (Phi) is 5.33. The molecule has 2 heterocycles. The van der Waals surface area contributed by atoms with Gasteiger partial charge in [-0.25, -0.2) is 4.98 Å². The van der Waals surface area contributed by atoms with Gasteiger partial charge >= 0.3 is 0 Å². The van der Waals surface area contributed by atoms with Gasteiger partial charge in [0.2, 0.25) is 5.75 Å². The molecule has 0 atom stereocenters. The number of nitrogens with one attached hydrogen (secondary N) is 1. The highest BCUT2D eigenvalue weighted by Gasteiger charge is 2.16. The lowest BCUT2D eigenvalue weighted by molar-refractivity contribution is 0.102. The van der Waals surface area contributed by atoms with Crippen LogP contribution in [0.15, 0.2) is 42.0 Å². The second-order valence-corrected chi connectivity index (χ2v) is 6.01. The van der Waals surface area contributed by atoms with E-state index in [1.807, 2.05) is 17.5 Å². The number of thiazole rings is 1. The lowest BCUT2D eigenvalue weighted by atomic mass is 10.1. The molecule has 7 nitrogen and oxygen atoms in total. The summed E-state index contributed by atoms with van der Waals surface area (Å²) in [5.74, 6) is 1.33. The third-order valence-electron chi connectivity index (χ3n) is 3.61. The van der Waals surface area contributed by atoms with Crippen molar-refractivity contribution < 1.29 is 19.0 Å². The van der Waals surface area contributed by atoms with Gasteiger partial charge in [-0.1, -0.05) is 0 Å². The number of hydrogen-bond acceptors (Lipinski definition) is 7. The van der Waals surface area contributed by atoms with Crippen LogP contribution in [0.1, 0.15) is 10.4 Å². The van der Waals surface area contributed by atoms with Gasteiger partial charge in [0, 0.05) is 23.3 Å². The molecule has 0 fully saturated rings. The van der Waals surface area contributed by atoms with Crippen molar-refractivity contribution in [1.82, 2.24) is 9.97 Å². The van der Waals surface area contributed by atoms with Crippen LogP contribution in [0.25, 0.3) is 11.3 Å². The van der Waals surface area contributed by atoms with Gasteiger partial charge < -0.3 is 14.2 Å². The molecule has 0 saturated heterocycles. The van der Waals surface area contributed by atoms with E-state index in [4.69, 9.17) is 14.2 Å². The van der Waals surface area contributed by atoms with E-state index in [1.54, 1.807) is 39.7 Å². The first kappa shape index (κ1) is 17.7. The number of carbonyl (C=O) groups is 1. The predicted octanol–water partition coefficient (Wildman–Crippen LogP) is 3.48. The summed E-state index contributed by atoms with van der Waals surface area (Å²) >= 11 is 1.33. The number of anilines is 1. The summed E-state index contributed by atoms with van der Waals surface area (Å²) in [5, 5.41) is 5.10. The highest BCUT2D eigenvalue weighted by Crippen LogP contribution is 2.41. The molecule has 1 N–H and O–H groups in total. The molecule has 0 unspecified atom stereocenters. The van der Waals surface area contributed by atoms with E-state index in [0.717, 1.165) is 5.56 Å². The summed E-state index contributed by atoms with van der Waals surface area (Å²) < 4.78 is 16.1. The van der Waals surface area contributed by atoms with Gasteiger partial charge in [-0.15, -0.1) is 11.3 Å². The van der Waals surface area contributed by atoms with Crippen molar-refractivity contribution >= 4 is 22.4 Å². The zero-order chi connectivity index (χ0) is 18.5. The topological polar surface area (TPSA) is 82.6 Å². The van der Waals surface area contributed by atoms with Gasteiger partial charge in [0.25, 0.3) is 5.91 Å². The van der Waals surface area contributed by atoms with E-state index in [1.165, 1.54) is 17.5 Å². The molecular weight excluding hydrogens is 354 g/mol. The number of rotatable bonds is 6. The molecule has 0 bridgehead atoms. The van der Waals surface area contributed by atoms with Crippen LogP contribution < -0.4 is 19.5 Å². The normalized spacial score (nSPS) is 10.3. The molecular formula is C18H17N3O4S. The van der Waals surface area contributed by atoms with E-state index in [-0.39, 0.29) is 5.91 Å². The lowest BCUT2D eigenvalue weighted by Crippen LogP contribution is -2.11. The fourth-order valence-corrected chi connectivity index (χ4v) is 3.07. The highest BCUT2D eigenvalue weighted by atomic mass is 32.1. The summed E-state index contributed by atoms with van der Waals surface area (Å²) in [5.41, 5.74) is 1.95. The Morgan fingerprint density at radius 1 is 1.12 bits per heavy atom. The number of pyridine rings is 1. The quantitative estimate of drug-likeness (QED) is 0.714. The zero-order valence-electron chi connectivity index (χ0n) is 14.5. The molecule has 0 spiro atoms. The molecule has 0 saturated carbocycles. The summed E-state index contributed by atoms with van der Waals surface area (Å²) in [6, 6.07) is 7.01. The van der Waals surface area contributed by atoms with Gasteiger partial charge in [0.05, 0.1) is 32.6 Å². The Morgan fingerprint density at radius 3 is 2.42 bits per heavy atom. The first-order valence-corrected chi connectivity index (χ1v) is 8.51. The molecule has 134 valence electrons. The first-order chi connectivity index (χ1) is 12.7. The van der Waals surface area contributed by atoms with E-state index in [0.29, 0.717) is 33.6 Å². The number of methoxy groups -OCH3 is 3. The second-order valence-electron chi connectivity index (χ2n) is 5.15. The highest BCUT2D eigenvalue weighted by molar-refractivity contribution is 7.14. The van der Waals surface area contributed by atoms with Crippen LogP contribution in [0.3, 0.4) is 0 Å². The monoisotopic (exact) mass is 371 g/mol. The third-order valence-corrected chi connectivity index (χ3v) is 4.37. The van der Waals surface area contributed by atoms with Crippen LogP contribution in [0.5, 0.6) is 17.2 Å². The number of nitrogens with zero attached hydrogens (tertiary/aromatic N) is 2. The molecule has 0 radical (unpaired) electrons. The predicted molar refractivity (Wildman–Crippen MR) is 99.4 cm³/mol. The number of amides is 1. The zero-order valence-corrected chi connectivity index (χ0v) is 15.3. The molecule has 0 aliphatic heterocycles. The number of benzene rings is 1. The van der Waals surface area contributed by atoms with Crippen molar-refractivity contribution in [1.29, 1.82) is 0 Å². The maximum absolute atomic E-state index is 12.2. The molecule has 0 aliphatic carbocycles. The number of hydrogen-bond donors (Lipinski definition) is 1. The van der Waals surface area contributed by atoms with E-state index in [2.05, 4.69) is 15.3 Å². The maximum Gasteiger partial charge on any atom is 0.259 e. The average molecular weight is 371 g/mol. The first-order valence-electron chi connectivity index (χ1n) is 7.63. The molecule has 26 heavy (non-hydrogen) atoms. The summed E-state index contributed by atoms with van der Waals surface area (Å²) in [4.78, 5) is 20.6. The second kappa shape index (κ2) is 7.83. The van der Waals surface area contributed by atoms with Gasteiger partial charge in [0.15, 0.2) is 16.6 Å². The third kappa shape index (κ3) is 3.60. The van der Waals surface area contributed by atoms with Crippen molar-refractivity contribution in [3.63, 3.8) is 0 Å². The Balaban J connectivity index is 1.87. The fraction of sp³-hybridized carbons (Fsp3) is 0.167. The molecule has 3 aromatic rings. The van der Waals surface area contributed by atoms with Crippen LogP contribution in [0.2, 0.25) is 0 Å². The van der Waals surface area contributed by atoms with Crippen molar-refractivity contribution in [2.75, 3.05) is 26.6 Å². The van der Waals surface area contributed by atoms with Gasteiger partial charge in [-0.2, -0.15) is 0 Å². The molecule has 0 aliphatic rings. The Hall–Kier alpha value is -3.13. The molecule has 1 amide bonds. The smallest absolute Gasteiger partial charge is 0.259 e. The Labute approximate surface area is 154 Å². The van der Waals surface area contributed by atoms with E-state index >= 15 is 0 Å². The molecule has 3 rings (SSSR count). The van der Waals surface area contributed by atoms with Crippen molar-refractivity contribution in [2.45, 2.75) is 0 Å². The van der Waals surface area contributed by atoms with Crippen LogP contribution in [-0.2, 0) is 0 Å². The number of carbonyl (C=O) groups excluding carboxylic acids is 1. The average Bonchev–Trinajstić information content (AvgIpc) is 3.15. The van der Waals surface area contributed by atoms with Crippen molar-refractivity contribution in [3.05, 3.63) is 47.6 Å². The van der Waals surface area contributed by atoms with Gasteiger partial charge in [-0.05, 0) is 24.3 Å². The van der Waals surface area contributed by atoms with Crippen LogP contribution in [0.4, 0.5) is 5.13 Å². The van der Waals surface area contributed by atoms with Crippen LogP contribution >= 0.6 is 11.3 Å². The van der Waals surface area contributed by atoms with Gasteiger partial charge in [0.1, 0.15) is 0 Å². The summed E-state index contributed by atoms with van der Waals surface area (Å²) in [7, 11) is 4.66. The summed E-state index contributed by atoms with van der Waals surface area (Å²) in [6.07, 6.45) is 3.12.